The lowest BCUT2D eigenvalue weighted by molar-refractivity contribution is -0.332. The fraction of sp³-hybridized carbons (Fsp3) is 0.964. The average molecular weight is 1020 g/mol. The monoisotopic (exact) mass is 1020 g/mol. The second-order valence-electron chi connectivity index (χ2n) is 20.8. The normalized spacial score (nSPS) is 25.1. The van der Waals surface area contributed by atoms with Gasteiger partial charge in [-0.2, -0.15) is 0 Å². The Kier molecular flexibility index (Phi) is 40.4. The van der Waals surface area contributed by atoms with Gasteiger partial charge in [-0.3, -0.25) is 9.59 Å². The van der Waals surface area contributed by atoms with Gasteiger partial charge in [-0.1, -0.05) is 226 Å². The maximum absolute atomic E-state index is 13.1. The number of carbonyl (C=O) groups is 2. The van der Waals surface area contributed by atoms with Crippen LogP contribution in [0.25, 0.3) is 0 Å². The van der Waals surface area contributed by atoms with E-state index in [0.29, 0.717) is 12.8 Å². The van der Waals surface area contributed by atoms with Crippen molar-refractivity contribution in [2.75, 3.05) is 26.4 Å². The molecule has 2 aliphatic rings. The van der Waals surface area contributed by atoms with Crippen LogP contribution < -0.4 is 0 Å². The van der Waals surface area contributed by atoms with Gasteiger partial charge in [0.15, 0.2) is 18.7 Å². The van der Waals surface area contributed by atoms with Gasteiger partial charge in [0.1, 0.15) is 55.4 Å². The highest BCUT2D eigenvalue weighted by Gasteiger charge is 2.47. The topological polar surface area (TPSA) is 231 Å². The first kappa shape index (κ1) is 65.6. The van der Waals surface area contributed by atoms with Crippen LogP contribution in [0.3, 0.4) is 0 Å². The van der Waals surface area contributed by atoms with E-state index in [-0.39, 0.29) is 26.1 Å². The Bertz CT molecular complexity index is 1240. The molecule has 15 heteroatoms. The molecule has 2 aliphatic heterocycles. The van der Waals surface area contributed by atoms with Gasteiger partial charge in [0, 0.05) is 12.8 Å². The minimum atomic E-state index is -1.76. The van der Waals surface area contributed by atoms with Crippen LogP contribution in [0.2, 0.25) is 0 Å². The summed E-state index contributed by atoms with van der Waals surface area (Å²) in [7, 11) is 0. The molecule has 2 saturated heterocycles. The molecule has 11 atom stereocenters. The highest BCUT2D eigenvalue weighted by atomic mass is 16.7. The van der Waals surface area contributed by atoms with E-state index in [4.69, 9.17) is 28.4 Å². The van der Waals surface area contributed by atoms with Crippen molar-refractivity contribution < 1.29 is 73.8 Å². The zero-order valence-electron chi connectivity index (χ0n) is 44.7. The highest BCUT2D eigenvalue weighted by Crippen LogP contribution is 2.27. The van der Waals surface area contributed by atoms with Crippen LogP contribution in [0.4, 0.5) is 0 Å². The van der Waals surface area contributed by atoms with Gasteiger partial charge < -0.3 is 64.2 Å². The van der Waals surface area contributed by atoms with Crippen LogP contribution in [0.5, 0.6) is 0 Å². The number of hydrogen-bond acceptors (Lipinski definition) is 15. The Morgan fingerprint density at radius 1 is 0.394 bits per heavy atom. The summed E-state index contributed by atoms with van der Waals surface area (Å²) in [4.78, 5) is 25.9. The van der Waals surface area contributed by atoms with Crippen molar-refractivity contribution in [1.82, 2.24) is 0 Å². The molecule has 0 aromatic carbocycles. The fourth-order valence-electron chi connectivity index (χ4n) is 9.57. The lowest BCUT2D eigenvalue weighted by Gasteiger charge is -2.42. The van der Waals surface area contributed by atoms with Crippen molar-refractivity contribution in [2.45, 2.75) is 319 Å². The molecular weight excluding hydrogens is 913 g/mol. The lowest BCUT2D eigenvalue weighted by atomic mass is 9.98. The number of hydrogen-bond donors (Lipinski definition) is 7. The molecule has 2 fully saturated rings. The van der Waals surface area contributed by atoms with E-state index in [1.54, 1.807) is 0 Å². The number of aliphatic hydroxyl groups is 7. The van der Waals surface area contributed by atoms with Gasteiger partial charge in [0.25, 0.3) is 0 Å². The third-order valence-corrected chi connectivity index (χ3v) is 14.3. The zero-order chi connectivity index (χ0) is 51.7. The van der Waals surface area contributed by atoms with Crippen molar-refractivity contribution >= 4 is 11.9 Å². The average Bonchev–Trinajstić information content (AvgIpc) is 3.36. The molecule has 2 rings (SSSR count). The number of unbranched alkanes of at least 4 members (excludes halogenated alkanes) is 33. The molecule has 0 aromatic heterocycles. The van der Waals surface area contributed by atoms with Gasteiger partial charge in [-0.05, 0) is 12.8 Å². The van der Waals surface area contributed by atoms with Gasteiger partial charge in [0.2, 0.25) is 0 Å². The number of ether oxygens (including phenoxy) is 6. The number of carbonyl (C=O) groups excluding carboxylic acids is 2. The second-order valence-corrected chi connectivity index (χ2v) is 20.8. The summed E-state index contributed by atoms with van der Waals surface area (Å²) in [6, 6.07) is 0. The number of esters is 2. The second kappa shape index (κ2) is 43.7. The molecule has 0 amide bonds. The van der Waals surface area contributed by atoms with Crippen molar-refractivity contribution in [3.05, 3.63) is 0 Å². The first-order valence-electron chi connectivity index (χ1n) is 29.1. The van der Waals surface area contributed by atoms with Crippen LogP contribution in [0.1, 0.15) is 251 Å². The molecule has 15 nitrogen and oxygen atoms in total. The molecular formula is C56H106O15. The SMILES string of the molecule is CCCCCCCCCCCCCCCCCCCCCC(=O)O[C@H](COC(=O)CCCCCCCCCCCCCCCCCC)CO[C@H]1O[C@@H](CO[C@H]2O[C@@H](CO)[C@@H](O)C(O)C2O)[C@@H](O)C(O)C1O. The summed E-state index contributed by atoms with van der Waals surface area (Å²) in [6.45, 7) is 2.66. The van der Waals surface area contributed by atoms with E-state index >= 15 is 0 Å². The van der Waals surface area contributed by atoms with Crippen LogP contribution >= 0.6 is 0 Å². The predicted molar refractivity (Wildman–Crippen MR) is 275 cm³/mol. The molecule has 7 N–H and O–H groups in total. The summed E-state index contributed by atoms with van der Waals surface area (Å²) < 4.78 is 33.7. The van der Waals surface area contributed by atoms with E-state index in [1.807, 2.05) is 0 Å². The summed E-state index contributed by atoms with van der Waals surface area (Å²) >= 11 is 0. The third kappa shape index (κ3) is 31.2. The molecule has 2 heterocycles. The summed E-state index contributed by atoms with van der Waals surface area (Å²) in [5.74, 6) is -0.904. The number of rotatable bonds is 47. The summed E-state index contributed by atoms with van der Waals surface area (Å²) in [5.41, 5.74) is 0. The molecule has 0 radical (unpaired) electrons. The number of aliphatic hydroxyl groups excluding tert-OH is 7. The molecule has 420 valence electrons. The Hall–Kier alpha value is -1.50. The smallest absolute Gasteiger partial charge is 0.306 e. The summed E-state index contributed by atoms with van der Waals surface area (Å²) in [6.07, 6.45) is 26.9. The molecule has 4 unspecified atom stereocenters. The van der Waals surface area contributed by atoms with Crippen molar-refractivity contribution in [3.8, 4) is 0 Å². The van der Waals surface area contributed by atoms with Crippen molar-refractivity contribution in [3.63, 3.8) is 0 Å². The maximum Gasteiger partial charge on any atom is 0.306 e. The minimum absolute atomic E-state index is 0.174. The summed E-state index contributed by atoms with van der Waals surface area (Å²) in [5, 5.41) is 72.2. The minimum Gasteiger partial charge on any atom is -0.462 e. The van der Waals surface area contributed by atoms with Gasteiger partial charge in [-0.25, -0.2) is 0 Å². The van der Waals surface area contributed by atoms with Crippen LogP contribution in [-0.2, 0) is 38.0 Å². The molecule has 0 aliphatic carbocycles. The standard InChI is InChI=1S/C56H106O15/c1-3-5-7-9-11-13-15-17-19-21-22-23-25-27-29-31-33-35-37-39-48(59)69-44(41-66-47(58)38-36-34-32-30-28-26-24-20-18-16-14-12-10-8-6-4-2)42-67-55-54(65)52(63)50(61)46(71-55)43-68-56-53(64)51(62)49(60)45(40-57)70-56/h44-46,49-57,60-65H,3-43H2,1-2H3/t44-,45+,46+,49-,50-,51?,52?,53?,54?,55+,56+/m1/s1. The maximum atomic E-state index is 13.1. The van der Waals surface area contributed by atoms with Crippen molar-refractivity contribution in [1.29, 1.82) is 0 Å². The molecule has 0 bridgehead atoms. The van der Waals surface area contributed by atoms with E-state index in [1.165, 1.54) is 173 Å². The fourth-order valence-corrected chi connectivity index (χ4v) is 9.57. The lowest BCUT2D eigenvalue weighted by Crippen LogP contribution is -2.61. The first-order valence-corrected chi connectivity index (χ1v) is 29.1. The van der Waals surface area contributed by atoms with Gasteiger partial charge in [-0.15, -0.1) is 0 Å². The predicted octanol–water partition coefficient (Wildman–Crippen LogP) is 9.56. The zero-order valence-corrected chi connectivity index (χ0v) is 44.7. The molecule has 0 saturated carbocycles. The van der Waals surface area contributed by atoms with E-state index < -0.39 is 92.7 Å². The largest absolute Gasteiger partial charge is 0.462 e. The first-order chi connectivity index (χ1) is 34.5. The molecule has 0 spiro atoms. The quantitative estimate of drug-likeness (QED) is 0.0222. The van der Waals surface area contributed by atoms with Crippen LogP contribution in [0, 0.1) is 0 Å². The molecule has 0 aromatic rings. The Morgan fingerprint density at radius 2 is 0.718 bits per heavy atom. The Labute approximate surface area is 429 Å². The highest BCUT2D eigenvalue weighted by molar-refractivity contribution is 5.70. The van der Waals surface area contributed by atoms with E-state index in [9.17, 15) is 45.3 Å². The van der Waals surface area contributed by atoms with Gasteiger partial charge in [0.05, 0.1) is 19.8 Å². The van der Waals surface area contributed by atoms with Crippen molar-refractivity contribution in [2.24, 2.45) is 0 Å². The Balaban J connectivity index is 1.75. The van der Waals surface area contributed by atoms with Gasteiger partial charge >= 0.3 is 11.9 Å². The van der Waals surface area contributed by atoms with E-state index in [0.717, 1.165) is 38.5 Å². The Morgan fingerprint density at radius 3 is 1.10 bits per heavy atom. The van der Waals surface area contributed by atoms with E-state index in [2.05, 4.69) is 13.8 Å². The van der Waals surface area contributed by atoms with Crippen LogP contribution in [0.15, 0.2) is 0 Å². The molecule has 71 heavy (non-hydrogen) atoms. The van der Waals surface area contributed by atoms with Crippen LogP contribution in [-0.4, -0.2) is 142 Å². The third-order valence-electron chi connectivity index (χ3n) is 14.3.